The lowest BCUT2D eigenvalue weighted by atomic mass is 9.44. The zero-order valence-electron chi connectivity index (χ0n) is 14.9. The molecular formula is C20H34O2. The second kappa shape index (κ2) is 5.79. The van der Waals surface area contributed by atoms with Gasteiger partial charge in [-0.1, -0.05) is 52.0 Å². The molecule has 0 aromatic rings. The van der Waals surface area contributed by atoms with Crippen LogP contribution in [0.5, 0.6) is 0 Å². The van der Waals surface area contributed by atoms with Gasteiger partial charge in [0.25, 0.3) is 0 Å². The molecule has 2 fully saturated rings. The summed E-state index contributed by atoms with van der Waals surface area (Å²) in [6.07, 6.45) is 7.14. The first-order chi connectivity index (χ1) is 10.0. The number of hydrogen-bond acceptors (Lipinski definition) is 2. The van der Waals surface area contributed by atoms with Crippen LogP contribution in [-0.4, -0.2) is 21.9 Å². The predicted octanol–water partition coefficient (Wildman–Crippen LogP) is 4.47. The van der Waals surface area contributed by atoms with E-state index >= 15 is 0 Å². The lowest BCUT2D eigenvalue weighted by molar-refractivity contribution is -0.214. The Balaban J connectivity index is 2.35. The Kier molecular flexibility index (Phi) is 4.68. The van der Waals surface area contributed by atoms with Crippen molar-refractivity contribution >= 4 is 0 Å². The van der Waals surface area contributed by atoms with Crippen molar-refractivity contribution < 1.29 is 10.2 Å². The largest absolute Gasteiger partial charge is 0.393 e. The van der Waals surface area contributed by atoms with Crippen LogP contribution in [0, 0.1) is 22.7 Å². The van der Waals surface area contributed by atoms with E-state index in [9.17, 15) is 10.2 Å². The first-order valence-corrected chi connectivity index (χ1v) is 8.75. The molecule has 0 radical (unpaired) electrons. The SMILES string of the molecule is C=CC(=C)CCC1C(C)(O)CC(O)C2C(C)(C)CCCC21C. The molecule has 0 spiro atoms. The Bertz CT molecular complexity index is 449. The molecule has 126 valence electrons. The standard InChI is InChI=1S/C20H34O2/c1-7-14(2)9-10-16-19(5)12-8-11-18(3,4)17(19)15(21)13-20(16,6)22/h7,15-17,21-22H,1-2,8-13H2,3-6H3. The van der Waals surface area contributed by atoms with Crippen LogP contribution in [0.3, 0.4) is 0 Å². The van der Waals surface area contributed by atoms with Crippen molar-refractivity contribution in [2.75, 3.05) is 0 Å². The summed E-state index contributed by atoms with van der Waals surface area (Å²) < 4.78 is 0. The molecule has 0 aromatic carbocycles. The molecule has 2 N–H and O–H groups in total. The van der Waals surface area contributed by atoms with Crippen molar-refractivity contribution in [1.82, 2.24) is 0 Å². The molecule has 5 atom stereocenters. The first-order valence-electron chi connectivity index (χ1n) is 8.75. The third-order valence-electron chi connectivity index (χ3n) is 6.69. The van der Waals surface area contributed by atoms with Crippen molar-refractivity contribution in [3.8, 4) is 0 Å². The smallest absolute Gasteiger partial charge is 0.0677 e. The van der Waals surface area contributed by atoms with Gasteiger partial charge in [-0.05, 0) is 55.3 Å². The van der Waals surface area contributed by atoms with Crippen LogP contribution in [0.4, 0.5) is 0 Å². The monoisotopic (exact) mass is 306 g/mol. The second-order valence-electron chi connectivity index (χ2n) is 8.91. The van der Waals surface area contributed by atoms with Gasteiger partial charge in [0, 0.05) is 6.42 Å². The van der Waals surface area contributed by atoms with Gasteiger partial charge in [0.15, 0.2) is 0 Å². The summed E-state index contributed by atoms with van der Waals surface area (Å²) in [5, 5.41) is 21.8. The van der Waals surface area contributed by atoms with Crippen LogP contribution in [0.15, 0.2) is 24.8 Å². The summed E-state index contributed by atoms with van der Waals surface area (Å²) in [6.45, 7) is 16.6. The van der Waals surface area contributed by atoms with E-state index in [1.165, 1.54) is 12.8 Å². The van der Waals surface area contributed by atoms with Crippen LogP contribution >= 0.6 is 0 Å². The molecule has 0 aliphatic heterocycles. The number of allylic oxidation sites excluding steroid dienone is 2. The molecule has 0 saturated heterocycles. The van der Waals surface area contributed by atoms with Crippen molar-refractivity contribution in [3.05, 3.63) is 24.8 Å². The van der Waals surface area contributed by atoms with E-state index in [0.29, 0.717) is 6.42 Å². The summed E-state index contributed by atoms with van der Waals surface area (Å²) in [5.74, 6) is 0.459. The average Bonchev–Trinajstić information content (AvgIpc) is 2.34. The van der Waals surface area contributed by atoms with Crippen LogP contribution < -0.4 is 0 Å². The number of aliphatic hydroxyl groups excluding tert-OH is 1. The summed E-state index contributed by atoms with van der Waals surface area (Å²) in [5.41, 5.74) is 0.359. The second-order valence-corrected chi connectivity index (χ2v) is 8.91. The van der Waals surface area contributed by atoms with Crippen molar-refractivity contribution in [2.24, 2.45) is 22.7 Å². The molecule has 5 unspecified atom stereocenters. The number of rotatable bonds is 4. The lowest BCUT2D eigenvalue weighted by Crippen LogP contribution is -2.62. The van der Waals surface area contributed by atoms with E-state index in [1.807, 2.05) is 13.0 Å². The van der Waals surface area contributed by atoms with Gasteiger partial charge in [-0.2, -0.15) is 0 Å². The zero-order valence-corrected chi connectivity index (χ0v) is 14.9. The number of aliphatic hydroxyl groups is 2. The van der Waals surface area contributed by atoms with E-state index in [2.05, 4.69) is 33.9 Å². The van der Waals surface area contributed by atoms with Gasteiger partial charge in [-0.3, -0.25) is 0 Å². The highest BCUT2D eigenvalue weighted by atomic mass is 16.3. The van der Waals surface area contributed by atoms with E-state index in [0.717, 1.165) is 24.8 Å². The van der Waals surface area contributed by atoms with Gasteiger partial charge in [0.2, 0.25) is 0 Å². The topological polar surface area (TPSA) is 40.5 Å². The van der Waals surface area contributed by atoms with E-state index in [1.54, 1.807) is 0 Å². The van der Waals surface area contributed by atoms with E-state index < -0.39 is 11.7 Å². The maximum absolute atomic E-state index is 11.0. The highest BCUT2D eigenvalue weighted by Crippen LogP contribution is 2.62. The molecule has 2 heteroatoms. The molecule has 0 heterocycles. The third-order valence-corrected chi connectivity index (χ3v) is 6.69. The highest BCUT2D eigenvalue weighted by molar-refractivity contribution is 5.14. The van der Waals surface area contributed by atoms with Gasteiger partial charge < -0.3 is 10.2 Å². The molecular weight excluding hydrogens is 272 g/mol. The summed E-state index contributed by atoms with van der Waals surface area (Å²) >= 11 is 0. The first kappa shape index (κ1) is 17.7. The minimum absolute atomic E-state index is 0.00956. The Labute approximate surface area is 136 Å². The van der Waals surface area contributed by atoms with Gasteiger partial charge >= 0.3 is 0 Å². The molecule has 2 aliphatic carbocycles. The zero-order chi connectivity index (χ0) is 16.8. The Morgan fingerprint density at radius 3 is 2.45 bits per heavy atom. The van der Waals surface area contributed by atoms with Gasteiger partial charge in [-0.15, -0.1) is 0 Å². The van der Waals surface area contributed by atoms with E-state index in [-0.39, 0.29) is 22.7 Å². The normalized spacial score (nSPS) is 44.2. The predicted molar refractivity (Wildman–Crippen MR) is 92.5 cm³/mol. The molecule has 2 saturated carbocycles. The van der Waals surface area contributed by atoms with Crippen molar-refractivity contribution in [1.29, 1.82) is 0 Å². The summed E-state index contributed by atoms with van der Waals surface area (Å²) in [6, 6.07) is 0. The van der Waals surface area contributed by atoms with Crippen molar-refractivity contribution in [3.63, 3.8) is 0 Å². The third kappa shape index (κ3) is 2.92. The van der Waals surface area contributed by atoms with Crippen LogP contribution in [-0.2, 0) is 0 Å². The Hall–Kier alpha value is -0.600. The van der Waals surface area contributed by atoms with Crippen molar-refractivity contribution in [2.45, 2.75) is 77.9 Å². The van der Waals surface area contributed by atoms with Gasteiger partial charge in [0.05, 0.1) is 11.7 Å². The number of fused-ring (bicyclic) bond motifs is 1. The average molecular weight is 306 g/mol. The Morgan fingerprint density at radius 2 is 1.86 bits per heavy atom. The lowest BCUT2D eigenvalue weighted by Gasteiger charge is -2.63. The molecule has 2 rings (SSSR count). The molecule has 0 bridgehead atoms. The fourth-order valence-electron chi connectivity index (χ4n) is 5.95. The minimum Gasteiger partial charge on any atom is -0.393 e. The summed E-state index contributed by atoms with van der Waals surface area (Å²) in [7, 11) is 0. The van der Waals surface area contributed by atoms with Crippen LogP contribution in [0.2, 0.25) is 0 Å². The molecule has 0 aromatic heterocycles. The molecule has 2 aliphatic rings. The molecule has 0 amide bonds. The fourth-order valence-corrected chi connectivity index (χ4v) is 5.95. The van der Waals surface area contributed by atoms with Gasteiger partial charge in [0.1, 0.15) is 0 Å². The van der Waals surface area contributed by atoms with E-state index in [4.69, 9.17) is 0 Å². The molecule has 2 nitrogen and oxygen atoms in total. The molecule has 22 heavy (non-hydrogen) atoms. The highest BCUT2D eigenvalue weighted by Gasteiger charge is 2.60. The minimum atomic E-state index is -0.806. The Morgan fingerprint density at radius 1 is 1.23 bits per heavy atom. The quantitative estimate of drug-likeness (QED) is 0.752. The number of hydrogen-bond donors (Lipinski definition) is 2. The summed E-state index contributed by atoms with van der Waals surface area (Å²) in [4.78, 5) is 0. The maximum Gasteiger partial charge on any atom is 0.0677 e. The maximum atomic E-state index is 11.0. The van der Waals surface area contributed by atoms with Gasteiger partial charge in [-0.25, -0.2) is 0 Å². The fraction of sp³-hybridized carbons (Fsp3) is 0.800. The van der Waals surface area contributed by atoms with Crippen LogP contribution in [0.1, 0.15) is 66.2 Å². The van der Waals surface area contributed by atoms with Crippen LogP contribution in [0.25, 0.3) is 0 Å².